The summed E-state index contributed by atoms with van der Waals surface area (Å²) in [5.74, 6) is 0.312. The Morgan fingerprint density at radius 2 is 0.860 bits per heavy atom. The van der Waals surface area contributed by atoms with Crippen LogP contribution >= 0.6 is 7.92 Å². The highest BCUT2D eigenvalue weighted by Crippen LogP contribution is 2.45. The minimum atomic E-state index is -0.985. The molecule has 258 valence electrons. The molecule has 0 bridgehead atoms. The van der Waals surface area contributed by atoms with Gasteiger partial charge < -0.3 is 5.11 Å². The number of rotatable bonds is 12. The number of benzene rings is 6. The molecule has 0 aliphatic carbocycles. The molecular formula is C46H53N2OP. The molecule has 0 amide bonds. The molecule has 50 heavy (non-hydrogen) atoms. The summed E-state index contributed by atoms with van der Waals surface area (Å²) in [6, 6.07) is 46.2. The van der Waals surface area contributed by atoms with Gasteiger partial charge in [0.2, 0.25) is 0 Å². The van der Waals surface area contributed by atoms with Crippen molar-refractivity contribution in [2.45, 2.75) is 92.6 Å². The summed E-state index contributed by atoms with van der Waals surface area (Å²) >= 11 is 0. The molecule has 0 spiro atoms. The summed E-state index contributed by atoms with van der Waals surface area (Å²) in [5.41, 5.74) is 4.68. The Balaban J connectivity index is 1.55. The Labute approximate surface area is 301 Å². The molecule has 4 heteroatoms. The predicted molar refractivity (Wildman–Crippen MR) is 219 cm³/mol. The van der Waals surface area contributed by atoms with Crippen molar-refractivity contribution in [1.29, 1.82) is 0 Å². The van der Waals surface area contributed by atoms with E-state index >= 15 is 0 Å². The van der Waals surface area contributed by atoms with Crippen LogP contribution in [0, 0.1) is 0 Å². The van der Waals surface area contributed by atoms with Crippen LogP contribution in [0.1, 0.15) is 66.5 Å². The third kappa shape index (κ3) is 7.52. The largest absolute Gasteiger partial charge is 0.507 e. The molecule has 6 aromatic carbocycles. The Hall–Kier alpha value is -4.01. The number of phenols is 1. The number of hydrogen-bond donors (Lipinski definition) is 1. The molecular weight excluding hydrogens is 627 g/mol. The van der Waals surface area contributed by atoms with E-state index in [9.17, 15) is 5.11 Å². The van der Waals surface area contributed by atoms with E-state index in [4.69, 9.17) is 0 Å². The summed E-state index contributed by atoms with van der Waals surface area (Å²) in [7, 11) is -0.985. The van der Waals surface area contributed by atoms with Crippen LogP contribution in [0.5, 0.6) is 5.75 Å². The molecule has 0 aliphatic rings. The van der Waals surface area contributed by atoms with Crippen molar-refractivity contribution in [2.75, 3.05) is 0 Å². The van der Waals surface area contributed by atoms with E-state index in [1.165, 1.54) is 32.4 Å². The van der Waals surface area contributed by atoms with Crippen LogP contribution in [0.4, 0.5) is 0 Å². The molecule has 0 unspecified atom stereocenters. The number of aromatic hydroxyl groups is 1. The van der Waals surface area contributed by atoms with E-state index in [2.05, 4.69) is 174 Å². The fraction of sp³-hybridized carbons (Fsp3) is 0.304. The second-order valence-corrected chi connectivity index (χ2v) is 16.9. The first kappa shape index (κ1) is 35.8. The van der Waals surface area contributed by atoms with Crippen molar-refractivity contribution in [3.05, 3.63) is 132 Å². The van der Waals surface area contributed by atoms with Crippen LogP contribution in [0.15, 0.2) is 121 Å². The Morgan fingerprint density at radius 1 is 0.460 bits per heavy atom. The summed E-state index contributed by atoms with van der Waals surface area (Å²) < 4.78 is 0. The van der Waals surface area contributed by atoms with Gasteiger partial charge in [-0.1, -0.05) is 115 Å². The molecule has 0 atom stereocenters. The van der Waals surface area contributed by atoms with Gasteiger partial charge in [0, 0.05) is 48.4 Å². The number of fused-ring (bicyclic) bond motifs is 2. The van der Waals surface area contributed by atoms with Crippen molar-refractivity contribution < 1.29 is 5.11 Å². The van der Waals surface area contributed by atoms with Crippen molar-refractivity contribution in [3.8, 4) is 16.9 Å². The second kappa shape index (κ2) is 15.5. The first-order valence-corrected chi connectivity index (χ1v) is 19.6. The lowest BCUT2D eigenvalue weighted by atomic mass is 9.93. The molecule has 3 nitrogen and oxygen atoms in total. The normalized spacial score (nSPS) is 12.3. The zero-order chi connectivity index (χ0) is 35.5. The quantitative estimate of drug-likeness (QED) is 0.130. The summed E-state index contributed by atoms with van der Waals surface area (Å²) in [6.45, 7) is 20.1. The van der Waals surface area contributed by atoms with Gasteiger partial charge in [-0.3, -0.25) is 9.80 Å². The molecule has 0 aliphatic heterocycles. The van der Waals surface area contributed by atoms with Crippen LogP contribution in [0.3, 0.4) is 0 Å². The van der Waals surface area contributed by atoms with E-state index < -0.39 is 7.92 Å². The summed E-state index contributed by atoms with van der Waals surface area (Å²) in [4.78, 5) is 5.08. The lowest BCUT2D eigenvalue weighted by Crippen LogP contribution is -2.36. The van der Waals surface area contributed by atoms with Gasteiger partial charge in [0.05, 0.1) is 0 Å². The average molecular weight is 681 g/mol. The monoisotopic (exact) mass is 680 g/mol. The van der Waals surface area contributed by atoms with E-state index in [0.29, 0.717) is 29.9 Å². The van der Waals surface area contributed by atoms with Crippen LogP contribution in [-0.2, 0) is 13.1 Å². The molecule has 6 rings (SSSR count). The summed E-state index contributed by atoms with van der Waals surface area (Å²) in [5, 5.41) is 20.1. The van der Waals surface area contributed by atoms with Crippen LogP contribution in [0.25, 0.3) is 32.7 Å². The van der Waals surface area contributed by atoms with Crippen LogP contribution in [0.2, 0.25) is 0 Å². The minimum Gasteiger partial charge on any atom is -0.507 e. The van der Waals surface area contributed by atoms with Crippen molar-refractivity contribution in [2.24, 2.45) is 0 Å². The lowest BCUT2D eigenvalue weighted by Gasteiger charge is -2.31. The van der Waals surface area contributed by atoms with E-state index in [1.54, 1.807) is 0 Å². The number of phenolic OH excluding ortho intramolecular Hbond substituents is 1. The molecule has 0 radical (unpaired) electrons. The van der Waals surface area contributed by atoms with E-state index in [-0.39, 0.29) is 0 Å². The maximum absolute atomic E-state index is 11.7. The lowest BCUT2D eigenvalue weighted by molar-refractivity contribution is 0.166. The van der Waals surface area contributed by atoms with Crippen LogP contribution < -0.4 is 15.9 Å². The van der Waals surface area contributed by atoms with Gasteiger partial charge >= 0.3 is 0 Å². The third-order valence-corrected chi connectivity index (χ3v) is 12.6. The minimum absolute atomic E-state index is 0.312. The summed E-state index contributed by atoms with van der Waals surface area (Å²) in [6.07, 6.45) is 0. The van der Waals surface area contributed by atoms with Gasteiger partial charge in [-0.15, -0.1) is 0 Å². The van der Waals surface area contributed by atoms with Crippen molar-refractivity contribution in [1.82, 2.24) is 9.80 Å². The first-order chi connectivity index (χ1) is 24.0. The molecule has 0 saturated heterocycles. The molecule has 0 saturated carbocycles. The van der Waals surface area contributed by atoms with Gasteiger partial charge in [0.1, 0.15) is 5.75 Å². The second-order valence-electron chi connectivity index (χ2n) is 14.7. The standard InChI is InChI=1S/C46H53N2OP/c1-31(2)47(32(3)4)29-35-17-23-39(24-18-35)50(40-25-19-36(20-26-40)30-48(33(5)6)34(7)8)44-28-22-38-14-10-12-16-42(38)46(44)45-41-15-11-9-13-37(41)21-27-43(45)49/h9-28,31-34,49H,29-30H2,1-8H3. The Morgan fingerprint density at radius 3 is 1.30 bits per heavy atom. The van der Waals surface area contributed by atoms with Gasteiger partial charge in [-0.25, -0.2) is 0 Å². The van der Waals surface area contributed by atoms with E-state index in [0.717, 1.165) is 40.4 Å². The zero-order valence-corrected chi connectivity index (χ0v) is 32.0. The molecule has 1 N–H and O–H groups in total. The van der Waals surface area contributed by atoms with E-state index in [1.807, 2.05) is 12.1 Å². The number of hydrogen-bond acceptors (Lipinski definition) is 3. The highest BCUT2D eigenvalue weighted by Gasteiger charge is 2.25. The number of nitrogens with zero attached hydrogens (tertiary/aromatic N) is 2. The highest BCUT2D eigenvalue weighted by atomic mass is 31.1. The van der Waals surface area contributed by atoms with Gasteiger partial charge in [-0.2, -0.15) is 0 Å². The average Bonchev–Trinajstić information content (AvgIpc) is 3.10. The maximum Gasteiger partial charge on any atom is 0.124 e. The Bertz CT molecular complexity index is 1970. The van der Waals surface area contributed by atoms with Crippen molar-refractivity contribution in [3.63, 3.8) is 0 Å². The maximum atomic E-state index is 11.7. The van der Waals surface area contributed by atoms with Gasteiger partial charge in [0.25, 0.3) is 0 Å². The topological polar surface area (TPSA) is 26.7 Å². The fourth-order valence-corrected chi connectivity index (χ4v) is 9.93. The molecule has 6 aromatic rings. The van der Waals surface area contributed by atoms with Crippen LogP contribution in [-0.4, -0.2) is 39.1 Å². The highest BCUT2D eigenvalue weighted by molar-refractivity contribution is 7.80. The first-order valence-electron chi connectivity index (χ1n) is 18.3. The predicted octanol–water partition coefficient (Wildman–Crippen LogP) is 10.4. The zero-order valence-electron chi connectivity index (χ0n) is 31.1. The Kier molecular flexibility index (Phi) is 11.1. The third-order valence-electron chi connectivity index (χ3n) is 10.1. The van der Waals surface area contributed by atoms with Gasteiger partial charge in [0.15, 0.2) is 0 Å². The SMILES string of the molecule is CC(C)N(Cc1ccc(P(c2ccc(CN(C(C)C)C(C)C)cc2)c2ccc3ccccc3c2-c2c(O)ccc3ccccc23)cc1)C(C)C. The fourth-order valence-electron chi connectivity index (χ4n) is 7.50. The smallest absolute Gasteiger partial charge is 0.124 e. The van der Waals surface area contributed by atoms with Gasteiger partial charge in [-0.05, 0) is 118 Å². The molecule has 0 heterocycles. The van der Waals surface area contributed by atoms with Crippen molar-refractivity contribution >= 4 is 45.4 Å². The molecule has 0 aromatic heterocycles. The molecule has 0 fully saturated rings.